The summed E-state index contributed by atoms with van der Waals surface area (Å²) in [5.41, 5.74) is 0. The van der Waals surface area contributed by atoms with Crippen molar-refractivity contribution in [3.05, 3.63) is 11.8 Å². The highest BCUT2D eigenvalue weighted by Gasteiger charge is 2.01. The largest absolute Gasteiger partial charge is 0.425 e. The molecule has 3 nitrogen and oxygen atoms in total. The van der Waals surface area contributed by atoms with Gasteiger partial charge in [0.2, 0.25) is 11.8 Å². The molecule has 0 spiro atoms. The topological polar surface area (TPSA) is 38.9 Å². The van der Waals surface area contributed by atoms with Gasteiger partial charge in [0.1, 0.15) is 0 Å². The Morgan fingerprint density at radius 3 is 2.45 bits per heavy atom. The molecule has 0 aromatic carbocycles. The average Bonchev–Trinajstić information content (AvgIpc) is 2.48. The molecule has 62 valence electrons. The summed E-state index contributed by atoms with van der Waals surface area (Å²) in [6.45, 7) is 4.16. The normalized spacial score (nSPS) is 10.4. The number of nitrogens with zero attached hydrogens (tertiary/aromatic N) is 2. The molecule has 0 radical (unpaired) electrons. The molecular formula is C8H14N2O. The van der Waals surface area contributed by atoms with Crippen molar-refractivity contribution >= 4 is 0 Å². The maximum absolute atomic E-state index is 5.31. The van der Waals surface area contributed by atoms with E-state index in [0.717, 1.165) is 31.0 Å². The van der Waals surface area contributed by atoms with Crippen molar-refractivity contribution in [2.45, 2.75) is 39.5 Å². The predicted molar refractivity (Wildman–Crippen MR) is 42.3 cm³/mol. The van der Waals surface area contributed by atoms with Crippen molar-refractivity contribution in [3.63, 3.8) is 0 Å². The fourth-order valence-electron chi connectivity index (χ4n) is 0.860. The van der Waals surface area contributed by atoms with Gasteiger partial charge in [-0.1, -0.05) is 20.3 Å². The van der Waals surface area contributed by atoms with E-state index in [9.17, 15) is 0 Å². The third-order valence-corrected chi connectivity index (χ3v) is 1.56. The lowest BCUT2D eigenvalue weighted by molar-refractivity contribution is 0.448. The van der Waals surface area contributed by atoms with Crippen LogP contribution < -0.4 is 0 Å². The monoisotopic (exact) mass is 154 g/mol. The molecule has 0 aliphatic carbocycles. The average molecular weight is 154 g/mol. The van der Waals surface area contributed by atoms with Gasteiger partial charge < -0.3 is 4.42 Å². The summed E-state index contributed by atoms with van der Waals surface area (Å²) in [6, 6.07) is 0. The van der Waals surface area contributed by atoms with E-state index in [-0.39, 0.29) is 0 Å². The quantitative estimate of drug-likeness (QED) is 0.665. The molecule has 0 N–H and O–H groups in total. The third kappa shape index (κ3) is 2.33. The molecule has 0 bridgehead atoms. The molecule has 0 saturated carbocycles. The van der Waals surface area contributed by atoms with E-state index < -0.39 is 0 Å². The van der Waals surface area contributed by atoms with Crippen LogP contribution in [0.25, 0.3) is 0 Å². The van der Waals surface area contributed by atoms with E-state index in [0.29, 0.717) is 0 Å². The van der Waals surface area contributed by atoms with E-state index in [1.54, 1.807) is 0 Å². The Bertz CT molecular complexity index is 208. The van der Waals surface area contributed by atoms with Gasteiger partial charge in [-0.2, -0.15) is 0 Å². The summed E-state index contributed by atoms with van der Waals surface area (Å²) < 4.78 is 5.31. The summed E-state index contributed by atoms with van der Waals surface area (Å²) >= 11 is 0. The van der Waals surface area contributed by atoms with E-state index in [1.807, 2.05) is 6.92 Å². The molecule has 0 aliphatic rings. The molecule has 0 aliphatic heterocycles. The lowest BCUT2D eigenvalue weighted by Gasteiger charge is -1.88. The summed E-state index contributed by atoms with van der Waals surface area (Å²) in [6.07, 6.45) is 4.05. The van der Waals surface area contributed by atoms with Crippen LogP contribution in [0.15, 0.2) is 4.42 Å². The van der Waals surface area contributed by atoms with E-state index in [4.69, 9.17) is 4.42 Å². The Kier molecular flexibility index (Phi) is 3.08. The van der Waals surface area contributed by atoms with Crippen LogP contribution in [0.1, 0.15) is 38.5 Å². The molecule has 0 atom stereocenters. The molecular weight excluding hydrogens is 140 g/mol. The molecule has 0 saturated heterocycles. The van der Waals surface area contributed by atoms with Gasteiger partial charge in [0.05, 0.1) is 0 Å². The highest BCUT2D eigenvalue weighted by atomic mass is 16.4. The van der Waals surface area contributed by atoms with Gasteiger partial charge in [-0.15, -0.1) is 10.2 Å². The van der Waals surface area contributed by atoms with Crippen LogP contribution >= 0.6 is 0 Å². The summed E-state index contributed by atoms with van der Waals surface area (Å²) in [5.74, 6) is 1.53. The predicted octanol–water partition coefficient (Wildman–Crippen LogP) is 1.97. The van der Waals surface area contributed by atoms with Gasteiger partial charge in [-0.25, -0.2) is 0 Å². The first kappa shape index (κ1) is 8.24. The van der Waals surface area contributed by atoms with Gasteiger partial charge >= 0.3 is 0 Å². The number of unbranched alkanes of at least 4 members (excludes halogenated alkanes) is 1. The van der Waals surface area contributed by atoms with Crippen molar-refractivity contribution in [1.29, 1.82) is 0 Å². The fraction of sp³-hybridized carbons (Fsp3) is 0.750. The zero-order valence-corrected chi connectivity index (χ0v) is 7.13. The van der Waals surface area contributed by atoms with Crippen molar-refractivity contribution in [2.24, 2.45) is 0 Å². The van der Waals surface area contributed by atoms with Gasteiger partial charge in [-0.05, 0) is 6.42 Å². The Balaban J connectivity index is 2.44. The van der Waals surface area contributed by atoms with Gasteiger partial charge in [0, 0.05) is 12.8 Å². The van der Waals surface area contributed by atoms with Crippen LogP contribution in [0, 0.1) is 0 Å². The zero-order valence-electron chi connectivity index (χ0n) is 7.13. The van der Waals surface area contributed by atoms with Crippen molar-refractivity contribution < 1.29 is 4.42 Å². The number of aryl methyl sites for hydroxylation is 2. The molecule has 0 amide bonds. The maximum Gasteiger partial charge on any atom is 0.216 e. The minimum absolute atomic E-state index is 0.746. The highest BCUT2D eigenvalue weighted by molar-refractivity contribution is 4.80. The van der Waals surface area contributed by atoms with E-state index in [1.165, 1.54) is 6.42 Å². The number of rotatable bonds is 4. The third-order valence-electron chi connectivity index (χ3n) is 1.56. The van der Waals surface area contributed by atoms with Crippen LogP contribution in [0.3, 0.4) is 0 Å². The van der Waals surface area contributed by atoms with Crippen LogP contribution in [0.2, 0.25) is 0 Å². The summed E-state index contributed by atoms with van der Waals surface area (Å²) in [7, 11) is 0. The number of hydrogen-bond donors (Lipinski definition) is 0. The smallest absolute Gasteiger partial charge is 0.216 e. The summed E-state index contributed by atoms with van der Waals surface area (Å²) in [4.78, 5) is 0. The molecule has 3 heteroatoms. The van der Waals surface area contributed by atoms with Crippen LogP contribution in [-0.2, 0) is 12.8 Å². The minimum atomic E-state index is 0.746. The molecule has 1 heterocycles. The lowest BCUT2D eigenvalue weighted by atomic mass is 10.2. The summed E-state index contributed by atoms with van der Waals surface area (Å²) in [5, 5.41) is 7.78. The maximum atomic E-state index is 5.31. The molecule has 1 aromatic heterocycles. The van der Waals surface area contributed by atoms with Crippen molar-refractivity contribution in [1.82, 2.24) is 10.2 Å². The first-order valence-corrected chi connectivity index (χ1v) is 4.18. The van der Waals surface area contributed by atoms with Crippen LogP contribution in [0.5, 0.6) is 0 Å². The standard InChI is InChI=1S/C8H14N2O/c1-3-5-6-8-10-9-7(4-2)11-8/h3-6H2,1-2H3. The molecule has 1 aromatic rings. The molecule has 11 heavy (non-hydrogen) atoms. The lowest BCUT2D eigenvalue weighted by Crippen LogP contribution is -1.83. The fourth-order valence-corrected chi connectivity index (χ4v) is 0.860. The highest BCUT2D eigenvalue weighted by Crippen LogP contribution is 2.03. The van der Waals surface area contributed by atoms with Crippen molar-refractivity contribution in [2.75, 3.05) is 0 Å². The second-order valence-electron chi connectivity index (χ2n) is 2.55. The zero-order chi connectivity index (χ0) is 8.10. The Morgan fingerprint density at radius 2 is 1.91 bits per heavy atom. The molecule has 1 rings (SSSR count). The number of hydrogen-bond acceptors (Lipinski definition) is 3. The van der Waals surface area contributed by atoms with Crippen LogP contribution in [0.4, 0.5) is 0 Å². The first-order valence-electron chi connectivity index (χ1n) is 4.18. The molecule has 0 fully saturated rings. The second-order valence-corrected chi connectivity index (χ2v) is 2.55. The Labute approximate surface area is 66.8 Å². The number of aromatic nitrogens is 2. The Hall–Kier alpha value is -0.860. The van der Waals surface area contributed by atoms with Gasteiger partial charge in [0.15, 0.2) is 0 Å². The van der Waals surface area contributed by atoms with E-state index in [2.05, 4.69) is 17.1 Å². The SMILES string of the molecule is CCCCc1nnc(CC)o1. The van der Waals surface area contributed by atoms with Gasteiger partial charge in [0.25, 0.3) is 0 Å². The Morgan fingerprint density at radius 1 is 1.18 bits per heavy atom. The minimum Gasteiger partial charge on any atom is -0.425 e. The second kappa shape index (κ2) is 4.11. The van der Waals surface area contributed by atoms with Crippen LogP contribution in [-0.4, -0.2) is 10.2 Å². The first-order chi connectivity index (χ1) is 5.36. The van der Waals surface area contributed by atoms with Crippen molar-refractivity contribution in [3.8, 4) is 0 Å². The van der Waals surface area contributed by atoms with Gasteiger partial charge in [-0.3, -0.25) is 0 Å². The van der Waals surface area contributed by atoms with E-state index >= 15 is 0 Å². The molecule has 0 unspecified atom stereocenters.